The summed E-state index contributed by atoms with van der Waals surface area (Å²) in [7, 11) is 0. The van der Waals surface area contributed by atoms with Gasteiger partial charge in [-0.1, -0.05) is 29.5 Å². The van der Waals surface area contributed by atoms with Crippen LogP contribution in [0.25, 0.3) is 21.1 Å². The fourth-order valence-corrected chi connectivity index (χ4v) is 4.75. The first-order valence-electron chi connectivity index (χ1n) is 10.1. The van der Waals surface area contributed by atoms with Crippen molar-refractivity contribution in [1.82, 2.24) is 15.5 Å². The van der Waals surface area contributed by atoms with Gasteiger partial charge in [0.25, 0.3) is 0 Å². The van der Waals surface area contributed by atoms with Gasteiger partial charge in [-0.3, -0.25) is 0 Å². The third kappa shape index (κ3) is 4.08. The summed E-state index contributed by atoms with van der Waals surface area (Å²) in [6, 6.07) is 14.3. The highest BCUT2D eigenvalue weighted by Gasteiger charge is 2.25. The third-order valence-electron chi connectivity index (χ3n) is 5.14. The predicted molar refractivity (Wildman–Crippen MR) is 117 cm³/mol. The lowest BCUT2D eigenvalue weighted by Crippen LogP contribution is -2.22. The number of hydrogen-bond acceptors (Lipinski definition) is 7. The van der Waals surface area contributed by atoms with E-state index in [1.54, 1.807) is 0 Å². The van der Waals surface area contributed by atoms with Gasteiger partial charge in [0, 0.05) is 23.7 Å². The van der Waals surface area contributed by atoms with Crippen molar-refractivity contribution in [3.05, 3.63) is 53.1 Å². The minimum absolute atomic E-state index is 0.00644. The number of rotatable bonds is 7. The van der Waals surface area contributed by atoms with E-state index in [-0.39, 0.29) is 18.8 Å². The lowest BCUT2D eigenvalue weighted by molar-refractivity contribution is 0.242. The van der Waals surface area contributed by atoms with Crippen molar-refractivity contribution in [3.8, 4) is 33.0 Å². The van der Waals surface area contributed by atoms with Crippen molar-refractivity contribution in [3.63, 3.8) is 0 Å². The van der Waals surface area contributed by atoms with Gasteiger partial charge in [0.1, 0.15) is 21.8 Å². The van der Waals surface area contributed by atoms with Crippen molar-refractivity contribution in [2.45, 2.75) is 38.8 Å². The maximum absolute atomic E-state index is 9.49. The van der Waals surface area contributed by atoms with Gasteiger partial charge in [-0.05, 0) is 56.0 Å². The second kappa shape index (κ2) is 8.92. The van der Waals surface area contributed by atoms with Crippen LogP contribution in [0.2, 0.25) is 0 Å². The molecule has 0 spiro atoms. The van der Waals surface area contributed by atoms with Crippen molar-refractivity contribution in [2.75, 3.05) is 13.2 Å². The molecule has 1 atom stereocenters. The Labute approximate surface area is 180 Å². The molecule has 1 heterocycles. The van der Waals surface area contributed by atoms with Crippen LogP contribution in [0.15, 0.2) is 36.4 Å². The van der Waals surface area contributed by atoms with Gasteiger partial charge in [0.05, 0.1) is 18.3 Å². The van der Waals surface area contributed by atoms with Gasteiger partial charge in [0.15, 0.2) is 0 Å². The van der Waals surface area contributed by atoms with E-state index in [2.05, 4.69) is 39.8 Å². The van der Waals surface area contributed by atoms with Crippen LogP contribution in [0, 0.1) is 11.3 Å². The lowest BCUT2D eigenvalue weighted by atomic mass is 10.0. The Hall–Kier alpha value is -2.79. The summed E-state index contributed by atoms with van der Waals surface area (Å²) in [4.78, 5) is 0. The first kappa shape index (κ1) is 20.5. The minimum atomic E-state index is 0.00644. The second-order valence-corrected chi connectivity index (χ2v) is 8.52. The van der Waals surface area contributed by atoms with Crippen molar-refractivity contribution >= 4 is 11.3 Å². The summed E-state index contributed by atoms with van der Waals surface area (Å²) in [6.07, 6.45) is 2.00. The monoisotopic (exact) mass is 420 g/mol. The van der Waals surface area contributed by atoms with Crippen LogP contribution in [-0.2, 0) is 6.42 Å². The summed E-state index contributed by atoms with van der Waals surface area (Å²) >= 11 is 1.53. The molecule has 0 amide bonds. The fraction of sp³-hybridized carbons (Fsp3) is 0.348. The fourth-order valence-electron chi connectivity index (χ4n) is 3.86. The van der Waals surface area contributed by atoms with Gasteiger partial charge in [-0.25, -0.2) is 0 Å². The Bertz CT molecular complexity index is 1090. The molecule has 0 saturated carbocycles. The summed E-state index contributed by atoms with van der Waals surface area (Å²) < 4.78 is 5.71. The highest BCUT2D eigenvalue weighted by atomic mass is 32.1. The van der Waals surface area contributed by atoms with Gasteiger partial charge in [-0.2, -0.15) is 5.26 Å². The van der Waals surface area contributed by atoms with Crippen molar-refractivity contribution in [1.29, 1.82) is 5.26 Å². The standard InChI is InChI=1S/C23H24N4O2S/c1-14(2)29-21-9-6-15(12-16(21)13-24)22-26-27-23(30-22)19-5-3-4-18-17(19)7-8-20(18)25-10-11-28/h3-6,9,12,14,20,25,28H,7-8,10-11H2,1-2H3. The smallest absolute Gasteiger partial charge is 0.148 e. The second-order valence-electron chi connectivity index (χ2n) is 7.54. The molecule has 0 bridgehead atoms. The number of hydrogen-bond donors (Lipinski definition) is 2. The first-order chi connectivity index (χ1) is 14.6. The van der Waals surface area contributed by atoms with E-state index in [1.165, 1.54) is 22.5 Å². The Morgan fingerprint density at radius 3 is 2.87 bits per heavy atom. The normalized spacial score (nSPS) is 15.2. The molecular formula is C23H24N4O2S. The average molecular weight is 421 g/mol. The van der Waals surface area contributed by atoms with Crippen LogP contribution < -0.4 is 10.1 Å². The van der Waals surface area contributed by atoms with E-state index in [0.29, 0.717) is 17.9 Å². The largest absolute Gasteiger partial charge is 0.490 e. The number of nitrogens with zero attached hydrogens (tertiary/aromatic N) is 3. The zero-order chi connectivity index (χ0) is 21.1. The van der Waals surface area contributed by atoms with Gasteiger partial charge < -0.3 is 15.2 Å². The number of fused-ring (bicyclic) bond motifs is 1. The highest BCUT2D eigenvalue weighted by Crippen LogP contribution is 2.40. The van der Waals surface area contributed by atoms with Gasteiger partial charge in [0.2, 0.25) is 0 Å². The molecule has 4 rings (SSSR count). The number of aliphatic hydroxyl groups excluding tert-OH is 1. The predicted octanol–water partition coefficient (Wildman–Crippen LogP) is 4.10. The molecule has 30 heavy (non-hydrogen) atoms. The van der Waals surface area contributed by atoms with Crippen LogP contribution in [0.4, 0.5) is 0 Å². The SMILES string of the molecule is CC(C)Oc1ccc(-c2nnc(-c3cccc4c3CCC4NCCO)s2)cc1C#N. The van der Waals surface area contributed by atoms with Crippen LogP contribution in [0.5, 0.6) is 5.75 Å². The molecule has 1 aromatic heterocycles. The molecule has 6 nitrogen and oxygen atoms in total. The average Bonchev–Trinajstić information content (AvgIpc) is 3.39. The summed E-state index contributed by atoms with van der Waals surface area (Å²) in [6.45, 7) is 4.61. The van der Waals surface area contributed by atoms with Gasteiger partial charge >= 0.3 is 0 Å². The van der Waals surface area contributed by atoms with Crippen LogP contribution in [-0.4, -0.2) is 34.6 Å². The molecule has 0 saturated heterocycles. The summed E-state index contributed by atoms with van der Waals surface area (Å²) in [5, 5.41) is 32.5. The molecule has 2 aromatic carbocycles. The summed E-state index contributed by atoms with van der Waals surface area (Å²) in [5.41, 5.74) is 5.05. The first-order valence-corrected chi connectivity index (χ1v) is 10.9. The topological polar surface area (TPSA) is 91.1 Å². The quantitative estimate of drug-likeness (QED) is 0.598. The Morgan fingerprint density at radius 2 is 2.10 bits per heavy atom. The van der Waals surface area contributed by atoms with Crippen molar-refractivity contribution in [2.24, 2.45) is 0 Å². The van der Waals surface area contributed by atoms with E-state index in [9.17, 15) is 5.26 Å². The number of benzene rings is 2. The van der Waals surface area contributed by atoms with Crippen LogP contribution in [0.3, 0.4) is 0 Å². The van der Waals surface area contributed by atoms with E-state index in [4.69, 9.17) is 9.84 Å². The zero-order valence-corrected chi connectivity index (χ0v) is 17.9. The number of ether oxygens (including phenoxy) is 1. The molecule has 3 aromatic rings. The minimum Gasteiger partial charge on any atom is -0.490 e. The highest BCUT2D eigenvalue weighted by molar-refractivity contribution is 7.17. The van der Waals surface area contributed by atoms with E-state index < -0.39 is 0 Å². The molecule has 2 N–H and O–H groups in total. The van der Waals surface area contributed by atoms with Gasteiger partial charge in [-0.15, -0.1) is 10.2 Å². The molecule has 0 fully saturated rings. The van der Waals surface area contributed by atoms with E-state index >= 15 is 0 Å². The number of aromatic nitrogens is 2. The number of aliphatic hydroxyl groups is 1. The zero-order valence-electron chi connectivity index (χ0n) is 17.1. The maximum Gasteiger partial charge on any atom is 0.148 e. The molecule has 154 valence electrons. The Kier molecular flexibility index (Phi) is 6.09. The molecule has 0 radical (unpaired) electrons. The lowest BCUT2D eigenvalue weighted by Gasteiger charge is -2.13. The van der Waals surface area contributed by atoms with Crippen LogP contribution in [0.1, 0.15) is 43.0 Å². The number of nitrogens with one attached hydrogen (secondary N) is 1. The number of nitriles is 1. The van der Waals surface area contributed by atoms with E-state index in [1.807, 2.05) is 32.0 Å². The van der Waals surface area contributed by atoms with E-state index in [0.717, 1.165) is 34.0 Å². The maximum atomic E-state index is 9.49. The molecular weight excluding hydrogens is 396 g/mol. The van der Waals surface area contributed by atoms with Crippen LogP contribution >= 0.6 is 11.3 Å². The molecule has 1 unspecified atom stereocenters. The third-order valence-corrected chi connectivity index (χ3v) is 6.14. The molecule has 1 aliphatic carbocycles. The molecule has 1 aliphatic rings. The Balaban J connectivity index is 1.63. The molecule has 0 aliphatic heterocycles. The Morgan fingerprint density at radius 1 is 1.27 bits per heavy atom. The molecule has 7 heteroatoms. The van der Waals surface area contributed by atoms with Crippen molar-refractivity contribution < 1.29 is 9.84 Å². The summed E-state index contributed by atoms with van der Waals surface area (Å²) in [5.74, 6) is 0.586.